The van der Waals surface area contributed by atoms with Crippen LogP contribution in [0.1, 0.15) is 179 Å². The fraction of sp³-hybridized carbons (Fsp3) is 0.465. The Morgan fingerprint density at radius 3 is 1.30 bits per heavy atom. The molecular weight excluding hydrogens is 1000 g/mol. The summed E-state index contributed by atoms with van der Waals surface area (Å²) < 4.78 is 26.2. The van der Waals surface area contributed by atoms with Crippen molar-refractivity contribution in [2.24, 2.45) is 21.7 Å². The number of aromatic nitrogens is 4. The van der Waals surface area contributed by atoms with Crippen molar-refractivity contribution < 1.29 is 18.9 Å². The number of nitrogens with zero attached hydrogens (tertiary/aromatic N) is 2. The molecule has 0 fully saturated rings. The maximum Gasteiger partial charge on any atom is 0.147 e. The van der Waals surface area contributed by atoms with Gasteiger partial charge in [0.25, 0.3) is 0 Å². The maximum atomic E-state index is 6.55. The molecule has 0 spiro atoms. The second-order valence-electron chi connectivity index (χ2n) is 27.5. The van der Waals surface area contributed by atoms with Crippen LogP contribution in [0.4, 0.5) is 0 Å². The van der Waals surface area contributed by atoms with Crippen molar-refractivity contribution >= 4 is 54.4 Å². The van der Waals surface area contributed by atoms with Crippen LogP contribution in [0.25, 0.3) is 68.6 Å². The molecule has 2 aromatic carbocycles. The fourth-order valence-electron chi connectivity index (χ4n) is 10.3. The maximum absolute atomic E-state index is 6.55. The average Bonchev–Trinajstić information content (AvgIpc) is 4.19. The molecule has 5 heterocycles. The number of rotatable bonds is 17. The Kier molecular flexibility index (Phi) is 19.2. The van der Waals surface area contributed by atoms with Gasteiger partial charge in [-0.3, -0.25) is 0 Å². The molecular formula is C71H90N4O4Si. The Hall–Kier alpha value is -6.86. The number of benzene rings is 2. The van der Waals surface area contributed by atoms with Crippen LogP contribution in [-0.2, 0) is 0 Å². The zero-order valence-corrected chi connectivity index (χ0v) is 52.6. The second-order valence-corrected chi connectivity index (χ2v) is 33.1. The van der Waals surface area contributed by atoms with Gasteiger partial charge >= 0.3 is 0 Å². The van der Waals surface area contributed by atoms with Crippen molar-refractivity contribution in [1.29, 1.82) is 0 Å². The lowest BCUT2D eigenvalue weighted by Crippen LogP contribution is -2.43. The van der Waals surface area contributed by atoms with Gasteiger partial charge in [0.05, 0.1) is 60.3 Å². The molecule has 0 atom stereocenters. The van der Waals surface area contributed by atoms with Crippen LogP contribution < -0.4 is 18.9 Å². The van der Waals surface area contributed by atoms with Gasteiger partial charge in [-0.25, -0.2) is 9.97 Å². The van der Waals surface area contributed by atoms with Gasteiger partial charge in [0.1, 0.15) is 31.1 Å². The van der Waals surface area contributed by atoms with Gasteiger partial charge in [-0.2, -0.15) is 0 Å². The van der Waals surface area contributed by atoms with E-state index in [9.17, 15) is 0 Å². The van der Waals surface area contributed by atoms with Crippen molar-refractivity contribution in [3.63, 3.8) is 0 Å². The van der Waals surface area contributed by atoms with Gasteiger partial charge in [-0.15, -0.1) is 5.54 Å². The van der Waals surface area contributed by atoms with Gasteiger partial charge in [0, 0.05) is 39.8 Å². The third kappa shape index (κ3) is 16.6. The van der Waals surface area contributed by atoms with Gasteiger partial charge in [-0.1, -0.05) is 125 Å². The first-order valence-corrected chi connectivity index (χ1v) is 31.3. The minimum atomic E-state index is -1.98. The van der Waals surface area contributed by atoms with E-state index in [1.165, 1.54) is 0 Å². The lowest BCUT2D eigenvalue weighted by Gasteiger charge is -2.37. The normalized spacial score (nSPS) is 12.7. The Morgan fingerprint density at radius 2 is 0.838 bits per heavy atom. The third-order valence-electron chi connectivity index (χ3n) is 14.9. The molecule has 0 radical (unpaired) electrons. The summed E-state index contributed by atoms with van der Waals surface area (Å²) in [5.74, 6) is 19.2. The highest BCUT2D eigenvalue weighted by atomic mass is 28.3. The summed E-state index contributed by atoms with van der Waals surface area (Å²) in [6.07, 6.45) is 11.9. The Morgan fingerprint density at radius 1 is 0.438 bits per heavy atom. The molecule has 0 unspecified atom stereocenters. The predicted octanol–water partition coefficient (Wildman–Crippen LogP) is 18.8. The number of ether oxygens (including phenoxy) is 4. The van der Waals surface area contributed by atoms with Crippen LogP contribution in [0.15, 0.2) is 66.7 Å². The van der Waals surface area contributed by atoms with Crippen molar-refractivity contribution in [2.75, 3.05) is 26.4 Å². The quantitative estimate of drug-likeness (QED) is 0.0697. The zero-order chi connectivity index (χ0) is 58.2. The van der Waals surface area contributed by atoms with Crippen LogP contribution in [-0.4, -0.2) is 54.4 Å². The molecule has 2 aliphatic rings. The number of hydrogen-bond donors (Lipinski definition) is 2. The summed E-state index contributed by atoms with van der Waals surface area (Å²) >= 11 is 0. The molecule has 0 saturated heterocycles. The molecule has 5 aromatic rings. The van der Waals surface area contributed by atoms with E-state index < -0.39 is 8.07 Å². The summed E-state index contributed by atoms with van der Waals surface area (Å²) in [6, 6.07) is 22.9. The van der Waals surface area contributed by atoms with Gasteiger partial charge in [0.15, 0.2) is 0 Å². The second kappa shape index (κ2) is 25.3. The monoisotopic (exact) mass is 1090 g/mol. The first-order valence-electron chi connectivity index (χ1n) is 29.0. The Bertz CT molecular complexity index is 3270. The Balaban J connectivity index is 1.51. The lowest BCUT2D eigenvalue weighted by molar-refractivity contribution is 0.233. The highest BCUT2D eigenvalue weighted by Crippen LogP contribution is 2.42. The SMILES string of the molecule is CC(C)[Si](C#CC#CC#Cc1c2nc(c(-c3cc(OCCC(C)(C)C)cc(OCCC(C)(C)C)c3)c3ccc(cc4nc(c(-c5cc(OCCC(C)(C)C)cc(OCCC(C)(C)C)c5)c5ccc1[nH]5)C=C4)[nH]3)C=C2)(C(C)C)C(C)C. The van der Waals surface area contributed by atoms with Crippen LogP contribution in [0, 0.1) is 56.8 Å². The van der Waals surface area contributed by atoms with E-state index in [1.807, 2.05) is 18.2 Å². The van der Waals surface area contributed by atoms with E-state index in [-0.39, 0.29) is 21.7 Å². The van der Waals surface area contributed by atoms with Crippen LogP contribution in [0.2, 0.25) is 16.6 Å². The van der Waals surface area contributed by atoms with Gasteiger partial charge in [0.2, 0.25) is 0 Å². The molecule has 3 aromatic heterocycles. The summed E-state index contributed by atoms with van der Waals surface area (Å²) in [4.78, 5) is 18.4. The van der Waals surface area contributed by atoms with Crippen molar-refractivity contribution in [2.45, 2.75) is 167 Å². The highest BCUT2D eigenvalue weighted by Gasteiger charge is 2.41. The molecule has 80 heavy (non-hydrogen) atoms. The molecule has 2 N–H and O–H groups in total. The molecule has 2 aliphatic heterocycles. The van der Waals surface area contributed by atoms with Gasteiger partial charge < -0.3 is 28.9 Å². The summed E-state index contributed by atoms with van der Waals surface area (Å²) in [5, 5.41) is 0. The summed E-state index contributed by atoms with van der Waals surface area (Å²) in [6.45, 7) is 43.0. The van der Waals surface area contributed by atoms with E-state index in [1.54, 1.807) is 0 Å². The van der Waals surface area contributed by atoms with Crippen LogP contribution in [0.3, 0.4) is 0 Å². The largest absolute Gasteiger partial charge is 0.493 e. The van der Waals surface area contributed by atoms with Crippen molar-refractivity contribution in [3.8, 4) is 80.4 Å². The van der Waals surface area contributed by atoms with Crippen molar-refractivity contribution in [1.82, 2.24) is 19.9 Å². The molecule has 7 rings (SSSR count). The average molecular weight is 1090 g/mol. The summed E-state index contributed by atoms with van der Waals surface area (Å²) in [5.41, 5.74) is 16.4. The standard InChI is InChI=1S/C71H90N4O4Si/c1-48(2)80(49(3)4,50(5)6)40-22-20-19-21-23-59-60-28-30-64(74-60)66(51-41-55(76-36-32-68(7,8)9)46-56(42-51)77-37-33-69(10,11)12)62-26-24-53(72-62)45-54-25-27-63(73-54)67(65-31-29-61(59)75-65)52-43-57(78-38-34-70(13,14)15)47-58(44-52)79-39-35-71(16,17)18/h24-31,41-50,72,75H,32-39H2,1-18H3. The molecule has 422 valence electrons. The first-order chi connectivity index (χ1) is 37.6. The molecule has 8 bridgehead atoms. The molecule has 8 nitrogen and oxygen atoms in total. The van der Waals surface area contributed by atoms with Crippen molar-refractivity contribution in [3.05, 3.63) is 95.1 Å². The van der Waals surface area contributed by atoms with Gasteiger partial charge in [-0.05, 0) is 184 Å². The third-order valence-corrected chi connectivity index (χ3v) is 21.2. The molecule has 0 aliphatic carbocycles. The number of aromatic amines is 2. The first kappa shape index (κ1) is 60.8. The number of nitrogens with one attached hydrogen (secondary N) is 2. The lowest BCUT2D eigenvalue weighted by atomic mass is 9.93. The topological polar surface area (TPSA) is 94.3 Å². The summed E-state index contributed by atoms with van der Waals surface area (Å²) in [7, 11) is -1.98. The van der Waals surface area contributed by atoms with E-state index in [2.05, 4.69) is 243 Å². The predicted molar refractivity (Wildman–Crippen MR) is 341 cm³/mol. The smallest absolute Gasteiger partial charge is 0.147 e. The van der Waals surface area contributed by atoms with E-state index in [0.29, 0.717) is 54.3 Å². The minimum absolute atomic E-state index is 0.111. The minimum Gasteiger partial charge on any atom is -0.493 e. The fourth-order valence-corrected chi connectivity index (χ4v) is 15.4. The molecule has 0 amide bonds. The zero-order valence-electron chi connectivity index (χ0n) is 51.6. The number of H-pyrrole nitrogens is 2. The highest BCUT2D eigenvalue weighted by molar-refractivity contribution is 6.90. The molecule has 0 saturated carbocycles. The molecule has 9 heteroatoms. The van der Waals surface area contributed by atoms with Crippen LogP contribution >= 0.6 is 0 Å². The van der Waals surface area contributed by atoms with E-state index in [0.717, 1.165) is 110 Å². The van der Waals surface area contributed by atoms with E-state index in [4.69, 9.17) is 28.9 Å². The van der Waals surface area contributed by atoms with E-state index >= 15 is 0 Å². The van der Waals surface area contributed by atoms with Crippen LogP contribution in [0.5, 0.6) is 23.0 Å². The number of fused-ring (bicyclic) bond motifs is 8. The number of hydrogen-bond acceptors (Lipinski definition) is 6. The Labute approximate surface area is 481 Å².